The zero-order valence-corrected chi connectivity index (χ0v) is 14.6. The van der Waals surface area contributed by atoms with Gasteiger partial charge in [0.05, 0.1) is 0 Å². The summed E-state index contributed by atoms with van der Waals surface area (Å²) in [4.78, 5) is 20.9. The van der Waals surface area contributed by atoms with Crippen molar-refractivity contribution in [3.05, 3.63) is 5.82 Å². The topological polar surface area (TPSA) is 61.4 Å². The SMILES string of the molecule is Cc1nsc(N2CCCN(C(=O)NC[C@H]3CCCS3)CC2)n1. The minimum atomic E-state index is 0.0859. The largest absolute Gasteiger partial charge is 0.345 e. The highest BCUT2D eigenvalue weighted by Crippen LogP contribution is 2.25. The van der Waals surface area contributed by atoms with Crippen molar-refractivity contribution in [3.63, 3.8) is 0 Å². The second-order valence-corrected chi connectivity index (χ2v) is 7.91. The molecule has 2 fully saturated rings. The van der Waals surface area contributed by atoms with E-state index in [2.05, 4.69) is 19.6 Å². The Labute approximate surface area is 139 Å². The van der Waals surface area contributed by atoms with Crippen molar-refractivity contribution >= 4 is 34.5 Å². The van der Waals surface area contributed by atoms with Crippen LogP contribution in [0.1, 0.15) is 25.1 Å². The molecule has 8 heteroatoms. The lowest BCUT2D eigenvalue weighted by molar-refractivity contribution is 0.201. The molecule has 2 aliphatic heterocycles. The fourth-order valence-electron chi connectivity index (χ4n) is 2.84. The summed E-state index contributed by atoms with van der Waals surface area (Å²) >= 11 is 3.42. The maximum Gasteiger partial charge on any atom is 0.317 e. The van der Waals surface area contributed by atoms with Crippen molar-refractivity contribution in [1.29, 1.82) is 0 Å². The number of carbonyl (C=O) groups excluding carboxylic acids is 1. The molecule has 0 radical (unpaired) electrons. The van der Waals surface area contributed by atoms with Crippen LogP contribution in [-0.4, -0.2) is 64.0 Å². The number of carbonyl (C=O) groups is 1. The fourth-order valence-corrected chi connectivity index (χ4v) is 4.77. The van der Waals surface area contributed by atoms with Crippen LogP contribution in [0.15, 0.2) is 0 Å². The van der Waals surface area contributed by atoms with Gasteiger partial charge in [-0.2, -0.15) is 16.1 Å². The predicted octanol–water partition coefficient (Wildman–Crippen LogP) is 1.96. The molecular weight excluding hydrogens is 318 g/mol. The van der Waals surface area contributed by atoms with Gasteiger partial charge in [-0.05, 0) is 31.9 Å². The second kappa shape index (κ2) is 7.50. The predicted molar refractivity (Wildman–Crippen MR) is 91.9 cm³/mol. The molecule has 0 aliphatic carbocycles. The number of hydrogen-bond donors (Lipinski definition) is 1. The maximum absolute atomic E-state index is 12.3. The van der Waals surface area contributed by atoms with E-state index < -0.39 is 0 Å². The molecule has 0 unspecified atom stereocenters. The van der Waals surface area contributed by atoms with Crippen LogP contribution in [0.25, 0.3) is 0 Å². The molecule has 0 aromatic carbocycles. The fraction of sp³-hybridized carbons (Fsp3) is 0.786. The van der Waals surface area contributed by atoms with Crippen LogP contribution in [0.3, 0.4) is 0 Å². The molecule has 1 atom stereocenters. The molecule has 3 heterocycles. The van der Waals surface area contributed by atoms with Crippen LogP contribution in [0.2, 0.25) is 0 Å². The summed E-state index contributed by atoms with van der Waals surface area (Å²) < 4.78 is 4.24. The number of aromatic nitrogens is 2. The van der Waals surface area contributed by atoms with Crippen molar-refractivity contribution in [1.82, 2.24) is 19.6 Å². The average molecular weight is 342 g/mol. The third-order valence-corrected chi connectivity index (χ3v) is 6.34. The molecule has 1 N–H and O–H groups in total. The Bertz CT molecular complexity index is 503. The molecule has 122 valence electrons. The van der Waals surface area contributed by atoms with Gasteiger partial charge >= 0.3 is 6.03 Å². The molecule has 22 heavy (non-hydrogen) atoms. The lowest BCUT2D eigenvalue weighted by Crippen LogP contribution is -2.43. The van der Waals surface area contributed by atoms with Crippen molar-refractivity contribution in [2.75, 3.05) is 43.4 Å². The average Bonchev–Trinajstić information content (AvgIpc) is 3.11. The summed E-state index contributed by atoms with van der Waals surface area (Å²) in [7, 11) is 0. The minimum absolute atomic E-state index is 0.0859. The Morgan fingerprint density at radius 3 is 2.95 bits per heavy atom. The summed E-state index contributed by atoms with van der Waals surface area (Å²) in [5.41, 5.74) is 0. The first kappa shape index (κ1) is 15.9. The highest BCUT2D eigenvalue weighted by atomic mass is 32.2. The number of hydrogen-bond acceptors (Lipinski definition) is 6. The summed E-state index contributed by atoms with van der Waals surface area (Å²) in [6.07, 6.45) is 3.49. The van der Waals surface area contributed by atoms with Gasteiger partial charge in [0.2, 0.25) is 5.13 Å². The molecule has 0 bridgehead atoms. The number of rotatable bonds is 3. The molecule has 2 amide bonds. The zero-order chi connectivity index (χ0) is 15.4. The van der Waals surface area contributed by atoms with Gasteiger partial charge in [-0.1, -0.05) is 0 Å². The van der Waals surface area contributed by atoms with Gasteiger partial charge in [0.15, 0.2) is 0 Å². The third kappa shape index (κ3) is 4.04. The highest BCUT2D eigenvalue weighted by Gasteiger charge is 2.22. The van der Waals surface area contributed by atoms with Crippen molar-refractivity contribution in [3.8, 4) is 0 Å². The van der Waals surface area contributed by atoms with E-state index in [0.717, 1.165) is 50.1 Å². The Balaban J connectivity index is 1.48. The first-order valence-electron chi connectivity index (χ1n) is 7.92. The Morgan fingerprint density at radius 2 is 2.23 bits per heavy atom. The normalized spacial score (nSPS) is 22.7. The smallest absolute Gasteiger partial charge is 0.317 e. The highest BCUT2D eigenvalue weighted by molar-refractivity contribution is 8.00. The van der Waals surface area contributed by atoms with Crippen molar-refractivity contribution in [2.24, 2.45) is 0 Å². The number of anilines is 1. The van der Waals surface area contributed by atoms with Crippen molar-refractivity contribution in [2.45, 2.75) is 31.4 Å². The molecule has 1 aromatic heterocycles. The van der Waals surface area contributed by atoms with E-state index in [4.69, 9.17) is 0 Å². The molecule has 0 spiro atoms. The van der Waals surface area contributed by atoms with Gasteiger partial charge in [-0.25, -0.2) is 9.78 Å². The Kier molecular flexibility index (Phi) is 5.41. The summed E-state index contributed by atoms with van der Waals surface area (Å²) in [5, 5.41) is 4.69. The van der Waals surface area contributed by atoms with Crippen LogP contribution < -0.4 is 10.2 Å². The van der Waals surface area contributed by atoms with E-state index >= 15 is 0 Å². The lowest BCUT2D eigenvalue weighted by atomic mass is 10.2. The number of nitrogens with zero attached hydrogens (tertiary/aromatic N) is 4. The van der Waals surface area contributed by atoms with E-state index in [-0.39, 0.29) is 6.03 Å². The Morgan fingerprint density at radius 1 is 1.32 bits per heavy atom. The molecule has 0 saturated carbocycles. The van der Waals surface area contributed by atoms with Gasteiger partial charge in [-0.15, -0.1) is 0 Å². The second-order valence-electron chi connectivity index (χ2n) is 5.77. The lowest BCUT2D eigenvalue weighted by Gasteiger charge is -2.22. The van der Waals surface area contributed by atoms with Crippen LogP contribution in [0.5, 0.6) is 0 Å². The molecule has 2 saturated heterocycles. The number of aryl methyl sites for hydroxylation is 1. The van der Waals surface area contributed by atoms with Crippen LogP contribution >= 0.6 is 23.3 Å². The third-order valence-electron chi connectivity index (χ3n) is 4.08. The summed E-state index contributed by atoms with van der Waals surface area (Å²) in [6, 6.07) is 0.0859. The first-order valence-corrected chi connectivity index (χ1v) is 9.74. The zero-order valence-electron chi connectivity index (χ0n) is 13.0. The molecule has 2 aliphatic rings. The van der Waals surface area contributed by atoms with E-state index in [1.54, 1.807) is 0 Å². The monoisotopic (exact) mass is 341 g/mol. The number of amides is 2. The molecule has 3 rings (SSSR count). The van der Waals surface area contributed by atoms with Crippen LogP contribution in [0, 0.1) is 6.92 Å². The molecule has 6 nitrogen and oxygen atoms in total. The van der Waals surface area contributed by atoms with E-state index in [9.17, 15) is 4.79 Å². The first-order chi connectivity index (χ1) is 10.7. The summed E-state index contributed by atoms with van der Waals surface area (Å²) in [6.45, 7) is 6.06. The number of thioether (sulfide) groups is 1. The van der Waals surface area contributed by atoms with E-state index in [0.29, 0.717) is 5.25 Å². The Hall–Kier alpha value is -1.02. The van der Waals surface area contributed by atoms with Crippen LogP contribution in [-0.2, 0) is 0 Å². The van der Waals surface area contributed by atoms with Gasteiger partial charge in [0, 0.05) is 49.5 Å². The number of nitrogens with one attached hydrogen (secondary N) is 1. The van der Waals surface area contributed by atoms with Gasteiger partial charge < -0.3 is 15.1 Å². The van der Waals surface area contributed by atoms with Gasteiger partial charge in [-0.3, -0.25) is 0 Å². The van der Waals surface area contributed by atoms with Crippen molar-refractivity contribution < 1.29 is 4.79 Å². The maximum atomic E-state index is 12.3. The quantitative estimate of drug-likeness (QED) is 0.911. The summed E-state index contributed by atoms with van der Waals surface area (Å²) in [5.74, 6) is 2.06. The standard InChI is InChI=1S/C14H23N5OS2/c1-11-16-14(22-17-11)19-6-3-5-18(7-8-19)13(20)15-10-12-4-2-9-21-12/h12H,2-10H2,1H3,(H,15,20)/t12-/m1/s1. The van der Waals surface area contributed by atoms with Gasteiger partial charge in [0.25, 0.3) is 0 Å². The van der Waals surface area contributed by atoms with Crippen LogP contribution in [0.4, 0.5) is 9.93 Å². The molecular formula is C14H23N5OS2. The van der Waals surface area contributed by atoms with Gasteiger partial charge in [0.1, 0.15) is 5.82 Å². The minimum Gasteiger partial charge on any atom is -0.345 e. The van der Waals surface area contributed by atoms with E-state index in [1.165, 1.54) is 30.1 Å². The van der Waals surface area contributed by atoms with E-state index in [1.807, 2.05) is 23.6 Å². The number of urea groups is 1. The molecule has 1 aromatic rings.